The van der Waals surface area contributed by atoms with E-state index in [0.717, 1.165) is 4.47 Å². The predicted molar refractivity (Wildman–Crippen MR) is 132 cm³/mol. The van der Waals surface area contributed by atoms with Gasteiger partial charge in [0.25, 0.3) is 0 Å². The van der Waals surface area contributed by atoms with Crippen molar-refractivity contribution in [1.82, 2.24) is 0 Å². The molecule has 0 saturated heterocycles. The molecule has 0 aliphatic rings. The van der Waals surface area contributed by atoms with Gasteiger partial charge in [-0.3, -0.25) is 0 Å². The Kier molecular flexibility index (Phi) is 5.78. The van der Waals surface area contributed by atoms with Crippen LogP contribution in [0.3, 0.4) is 0 Å². The Labute approximate surface area is 181 Å². The number of rotatable bonds is 4. The van der Waals surface area contributed by atoms with E-state index < -0.39 is 0 Å². The maximum absolute atomic E-state index is 3.72. The fourth-order valence-electron chi connectivity index (χ4n) is 3.43. The minimum atomic E-state index is 1.12. The average Bonchev–Trinajstić information content (AvgIpc) is 2.74. The van der Waals surface area contributed by atoms with Crippen LogP contribution in [0.1, 0.15) is 33.4 Å². The minimum absolute atomic E-state index is 1.12. The van der Waals surface area contributed by atoms with Crippen molar-refractivity contribution in [2.45, 2.75) is 13.8 Å². The van der Waals surface area contributed by atoms with Crippen molar-refractivity contribution in [1.29, 1.82) is 0 Å². The van der Waals surface area contributed by atoms with E-state index in [1.54, 1.807) is 0 Å². The van der Waals surface area contributed by atoms with Crippen LogP contribution in [-0.2, 0) is 0 Å². The summed E-state index contributed by atoms with van der Waals surface area (Å²) in [6.45, 7) is 4.23. The Morgan fingerprint density at radius 1 is 0.552 bits per heavy atom. The first-order valence-corrected chi connectivity index (χ1v) is 10.6. The molecular formula is C28H23Br. The molecule has 0 atom stereocenters. The summed E-state index contributed by atoms with van der Waals surface area (Å²) in [6.07, 6.45) is 8.79. The van der Waals surface area contributed by atoms with E-state index in [0.29, 0.717) is 0 Å². The molecule has 1 heteroatoms. The van der Waals surface area contributed by atoms with Gasteiger partial charge in [-0.25, -0.2) is 0 Å². The smallest absolute Gasteiger partial charge is 0.0254 e. The van der Waals surface area contributed by atoms with Crippen LogP contribution in [-0.4, -0.2) is 0 Å². The molecule has 0 fully saturated rings. The average molecular weight is 439 g/mol. The quantitative estimate of drug-likeness (QED) is 0.280. The highest BCUT2D eigenvalue weighted by molar-refractivity contribution is 9.10. The van der Waals surface area contributed by atoms with Crippen LogP contribution >= 0.6 is 15.9 Å². The van der Waals surface area contributed by atoms with Gasteiger partial charge < -0.3 is 0 Å². The molecule has 0 aromatic heterocycles. The van der Waals surface area contributed by atoms with Gasteiger partial charge in [0, 0.05) is 4.47 Å². The fourth-order valence-corrected chi connectivity index (χ4v) is 3.89. The summed E-state index contributed by atoms with van der Waals surface area (Å²) in [5.41, 5.74) is 7.40. The zero-order valence-electron chi connectivity index (χ0n) is 16.7. The van der Waals surface area contributed by atoms with Crippen molar-refractivity contribution in [3.8, 4) is 0 Å². The molecule has 0 aliphatic heterocycles. The van der Waals surface area contributed by atoms with Gasteiger partial charge in [-0.1, -0.05) is 124 Å². The highest BCUT2D eigenvalue weighted by atomic mass is 79.9. The third kappa shape index (κ3) is 4.58. The first-order valence-electron chi connectivity index (χ1n) is 9.81. The molecule has 4 rings (SSSR count). The van der Waals surface area contributed by atoms with Gasteiger partial charge in [0.2, 0.25) is 0 Å². The summed E-state index contributed by atoms with van der Waals surface area (Å²) < 4.78 is 1.12. The number of fused-ring (bicyclic) bond motifs is 1. The van der Waals surface area contributed by atoms with E-state index in [-0.39, 0.29) is 0 Å². The van der Waals surface area contributed by atoms with Crippen LogP contribution in [0.4, 0.5) is 0 Å². The van der Waals surface area contributed by atoms with E-state index in [1.807, 2.05) is 0 Å². The molecule has 142 valence electrons. The Balaban J connectivity index is 1.77. The summed E-state index contributed by atoms with van der Waals surface area (Å²) >= 11 is 3.72. The molecular weight excluding hydrogens is 416 g/mol. The molecule has 0 heterocycles. The van der Waals surface area contributed by atoms with Crippen molar-refractivity contribution < 1.29 is 0 Å². The molecule has 0 spiro atoms. The summed E-state index contributed by atoms with van der Waals surface area (Å²) in [5.74, 6) is 0. The lowest BCUT2D eigenvalue weighted by Gasteiger charge is -2.09. The van der Waals surface area contributed by atoms with Gasteiger partial charge in [0.15, 0.2) is 0 Å². The zero-order valence-corrected chi connectivity index (χ0v) is 18.3. The van der Waals surface area contributed by atoms with Crippen LogP contribution in [0.5, 0.6) is 0 Å². The molecule has 0 N–H and O–H groups in total. The first-order chi connectivity index (χ1) is 14.1. The van der Waals surface area contributed by atoms with Crippen molar-refractivity contribution in [3.05, 3.63) is 117 Å². The van der Waals surface area contributed by atoms with Crippen molar-refractivity contribution in [3.63, 3.8) is 0 Å². The monoisotopic (exact) mass is 438 g/mol. The van der Waals surface area contributed by atoms with Crippen molar-refractivity contribution in [2.24, 2.45) is 0 Å². The second kappa shape index (κ2) is 8.63. The van der Waals surface area contributed by atoms with Crippen LogP contribution in [0, 0.1) is 13.8 Å². The second-order valence-corrected chi connectivity index (χ2v) is 8.25. The van der Waals surface area contributed by atoms with E-state index in [4.69, 9.17) is 0 Å². The molecule has 0 amide bonds. The maximum atomic E-state index is 3.72. The second-order valence-electron chi connectivity index (χ2n) is 7.39. The van der Waals surface area contributed by atoms with E-state index in [9.17, 15) is 0 Å². The normalized spacial score (nSPS) is 11.7. The maximum Gasteiger partial charge on any atom is 0.0254 e. The summed E-state index contributed by atoms with van der Waals surface area (Å²) in [5, 5.41) is 2.48. The molecule has 0 aliphatic carbocycles. The van der Waals surface area contributed by atoms with E-state index >= 15 is 0 Å². The van der Waals surface area contributed by atoms with Crippen LogP contribution < -0.4 is 0 Å². The van der Waals surface area contributed by atoms with Gasteiger partial charge in [0.1, 0.15) is 0 Å². The largest absolute Gasteiger partial charge is 0.0610 e. The van der Waals surface area contributed by atoms with E-state index in [2.05, 4.69) is 133 Å². The number of hydrogen-bond donors (Lipinski definition) is 0. The molecule has 0 bridgehead atoms. The zero-order chi connectivity index (χ0) is 20.2. The third-order valence-corrected chi connectivity index (χ3v) is 5.81. The highest BCUT2D eigenvalue weighted by Crippen LogP contribution is 2.32. The molecule has 29 heavy (non-hydrogen) atoms. The molecule has 4 aromatic carbocycles. The lowest BCUT2D eigenvalue weighted by Crippen LogP contribution is -1.85. The molecule has 4 aromatic rings. The number of hydrogen-bond acceptors (Lipinski definition) is 0. The standard InChI is InChI=1S/C28H23Br/c1-20-6-10-22(11-7-20)14-16-24-4-3-5-26-27(29)19-18-25(28(24)26)17-15-23-12-8-21(2)9-13-23/h3-19H,1-2H3/b16-14+,17-15+. The van der Waals surface area contributed by atoms with Gasteiger partial charge >= 0.3 is 0 Å². The molecule has 0 unspecified atom stereocenters. The Morgan fingerprint density at radius 3 is 1.62 bits per heavy atom. The topological polar surface area (TPSA) is 0 Å². The van der Waals surface area contributed by atoms with Gasteiger partial charge in [0.05, 0.1) is 0 Å². The number of halogens is 1. The summed E-state index contributed by atoms with van der Waals surface area (Å²) in [6, 6.07) is 28.0. The fraction of sp³-hybridized carbons (Fsp3) is 0.0714. The molecule has 0 radical (unpaired) electrons. The van der Waals surface area contributed by atoms with Crippen LogP contribution in [0.25, 0.3) is 35.1 Å². The van der Waals surface area contributed by atoms with Gasteiger partial charge in [-0.15, -0.1) is 0 Å². The van der Waals surface area contributed by atoms with E-state index in [1.165, 1.54) is 44.2 Å². The Morgan fingerprint density at radius 2 is 1.07 bits per heavy atom. The minimum Gasteiger partial charge on any atom is -0.0610 e. The van der Waals surface area contributed by atoms with Gasteiger partial charge in [-0.2, -0.15) is 0 Å². The SMILES string of the molecule is Cc1ccc(/C=C/c2cccc3c(Br)ccc(/C=C/c4ccc(C)cc4)c23)cc1. The number of aryl methyl sites for hydroxylation is 2. The van der Waals surface area contributed by atoms with Crippen LogP contribution in [0.2, 0.25) is 0 Å². The first kappa shape index (κ1) is 19.4. The van der Waals surface area contributed by atoms with Crippen molar-refractivity contribution >= 4 is 51.0 Å². The predicted octanol–water partition coefficient (Wildman–Crippen LogP) is 8.56. The molecule has 0 saturated carbocycles. The molecule has 0 nitrogen and oxygen atoms in total. The lowest BCUT2D eigenvalue weighted by atomic mass is 9.97. The summed E-state index contributed by atoms with van der Waals surface area (Å²) in [7, 11) is 0. The Hall–Kier alpha value is -2.90. The third-order valence-electron chi connectivity index (χ3n) is 5.12. The number of benzene rings is 4. The van der Waals surface area contributed by atoms with Crippen molar-refractivity contribution in [2.75, 3.05) is 0 Å². The van der Waals surface area contributed by atoms with Crippen LogP contribution in [0.15, 0.2) is 83.3 Å². The lowest BCUT2D eigenvalue weighted by molar-refractivity contribution is 1.46. The summed E-state index contributed by atoms with van der Waals surface area (Å²) in [4.78, 5) is 0. The highest BCUT2D eigenvalue weighted by Gasteiger charge is 2.06. The van der Waals surface area contributed by atoms with Gasteiger partial charge in [-0.05, 0) is 52.9 Å². The Bertz CT molecular complexity index is 1130.